The highest BCUT2D eigenvalue weighted by atomic mass is 79.9. The Kier molecular flexibility index (Phi) is 3.04. The molecular weight excluding hydrogens is 219 g/mol. The SMILES string of the molecule is C=Cc1c(CC)ccc(F)c1Br. The maximum absolute atomic E-state index is 13.0. The van der Waals surface area contributed by atoms with Gasteiger partial charge >= 0.3 is 0 Å². The third kappa shape index (κ3) is 1.58. The molecule has 1 aromatic rings. The molecule has 0 amide bonds. The Bertz CT molecular complexity index is 305. The lowest BCUT2D eigenvalue weighted by atomic mass is 10.1. The van der Waals surface area contributed by atoms with E-state index in [1.54, 1.807) is 12.1 Å². The third-order valence-electron chi connectivity index (χ3n) is 1.81. The van der Waals surface area contributed by atoms with E-state index in [2.05, 4.69) is 22.5 Å². The highest BCUT2D eigenvalue weighted by Crippen LogP contribution is 2.25. The summed E-state index contributed by atoms with van der Waals surface area (Å²) in [4.78, 5) is 0. The van der Waals surface area contributed by atoms with Crippen molar-refractivity contribution in [3.8, 4) is 0 Å². The summed E-state index contributed by atoms with van der Waals surface area (Å²) in [5, 5.41) is 0. The van der Waals surface area contributed by atoms with Gasteiger partial charge < -0.3 is 0 Å². The quantitative estimate of drug-likeness (QED) is 0.723. The summed E-state index contributed by atoms with van der Waals surface area (Å²) in [5.74, 6) is -0.234. The van der Waals surface area contributed by atoms with E-state index < -0.39 is 0 Å². The second kappa shape index (κ2) is 3.85. The maximum Gasteiger partial charge on any atom is 0.138 e. The number of aryl methyl sites for hydroxylation is 1. The summed E-state index contributed by atoms with van der Waals surface area (Å²) >= 11 is 3.19. The molecule has 0 saturated carbocycles. The molecule has 0 aliphatic carbocycles. The van der Waals surface area contributed by atoms with E-state index in [1.165, 1.54) is 6.07 Å². The Morgan fingerprint density at radius 1 is 1.58 bits per heavy atom. The van der Waals surface area contributed by atoms with Crippen LogP contribution < -0.4 is 0 Å². The number of hydrogen-bond donors (Lipinski definition) is 0. The second-order valence-electron chi connectivity index (χ2n) is 2.49. The average molecular weight is 229 g/mol. The molecule has 0 aliphatic heterocycles. The van der Waals surface area contributed by atoms with Crippen LogP contribution in [0, 0.1) is 5.82 Å². The maximum atomic E-state index is 13.0. The lowest BCUT2D eigenvalue weighted by molar-refractivity contribution is 0.620. The van der Waals surface area contributed by atoms with Crippen LogP contribution in [0.1, 0.15) is 18.1 Å². The lowest BCUT2D eigenvalue weighted by Crippen LogP contribution is -1.90. The first-order valence-corrected chi connectivity index (χ1v) is 4.59. The molecule has 0 unspecified atom stereocenters. The molecule has 64 valence electrons. The Balaban J connectivity index is 3.35. The average Bonchev–Trinajstić information content (AvgIpc) is 2.09. The van der Waals surface area contributed by atoms with E-state index in [9.17, 15) is 4.39 Å². The van der Waals surface area contributed by atoms with Crippen molar-refractivity contribution < 1.29 is 4.39 Å². The van der Waals surface area contributed by atoms with E-state index in [1.807, 2.05) is 6.92 Å². The van der Waals surface area contributed by atoms with Crippen LogP contribution in [-0.4, -0.2) is 0 Å². The largest absolute Gasteiger partial charge is 0.206 e. The number of hydrogen-bond acceptors (Lipinski definition) is 0. The zero-order chi connectivity index (χ0) is 9.14. The van der Waals surface area contributed by atoms with Crippen molar-refractivity contribution in [3.05, 3.63) is 40.1 Å². The molecule has 0 atom stereocenters. The Hall–Kier alpha value is -0.630. The molecule has 0 spiro atoms. The van der Waals surface area contributed by atoms with Gasteiger partial charge in [0.25, 0.3) is 0 Å². The van der Waals surface area contributed by atoms with Gasteiger partial charge in [-0.2, -0.15) is 0 Å². The number of halogens is 2. The van der Waals surface area contributed by atoms with Crippen molar-refractivity contribution in [2.75, 3.05) is 0 Å². The Morgan fingerprint density at radius 3 is 2.75 bits per heavy atom. The first-order chi connectivity index (χ1) is 5.70. The number of rotatable bonds is 2. The van der Waals surface area contributed by atoms with Gasteiger partial charge in [-0.1, -0.05) is 25.6 Å². The molecule has 1 rings (SSSR count). The fraction of sp³-hybridized carbons (Fsp3) is 0.200. The molecule has 0 aliphatic rings. The normalized spacial score (nSPS) is 9.92. The van der Waals surface area contributed by atoms with E-state index in [0.717, 1.165) is 17.5 Å². The Morgan fingerprint density at radius 2 is 2.25 bits per heavy atom. The summed E-state index contributed by atoms with van der Waals surface area (Å²) in [6, 6.07) is 3.26. The highest BCUT2D eigenvalue weighted by molar-refractivity contribution is 9.10. The molecule has 12 heavy (non-hydrogen) atoms. The molecule has 0 nitrogen and oxygen atoms in total. The smallest absolute Gasteiger partial charge is 0.138 e. The molecular formula is C10H10BrF. The molecule has 0 radical (unpaired) electrons. The topological polar surface area (TPSA) is 0 Å². The van der Waals surface area contributed by atoms with Crippen LogP contribution in [0.15, 0.2) is 23.2 Å². The third-order valence-corrected chi connectivity index (χ3v) is 2.61. The van der Waals surface area contributed by atoms with Crippen LogP contribution in [0.2, 0.25) is 0 Å². The first-order valence-electron chi connectivity index (χ1n) is 3.80. The monoisotopic (exact) mass is 228 g/mol. The summed E-state index contributed by atoms with van der Waals surface area (Å²) in [7, 11) is 0. The van der Waals surface area contributed by atoms with Gasteiger partial charge in [0, 0.05) is 0 Å². The molecule has 1 aromatic carbocycles. The highest BCUT2D eigenvalue weighted by Gasteiger charge is 2.06. The zero-order valence-corrected chi connectivity index (χ0v) is 8.49. The molecule has 0 N–H and O–H groups in total. The van der Waals surface area contributed by atoms with Crippen LogP contribution in [0.5, 0.6) is 0 Å². The fourth-order valence-corrected chi connectivity index (χ4v) is 1.68. The first kappa shape index (κ1) is 9.46. The molecule has 0 aromatic heterocycles. The van der Waals surface area contributed by atoms with Gasteiger partial charge in [0.2, 0.25) is 0 Å². The predicted octanol–water partition coefficient (Wildman–Crippen LogP) is 3.79. The van der Waals surface area contributed by atoms with E-state index >= 15 is 0 Å². The minimum absolute atomic E-state index is 0.234. The van der Waals surface area contributed by atoms with Gasteiger partial charge in [-0.05, 0) is 39.5 Å². The number of benzene rings is 1. The van der Waals surface area contributed by atoms with Crippen molar-refractivity contribution in [3.63, 3.8) is 0 Å². The van der Waals surface area contributed by atoms with Crippen molar-refractivity contribution in [2.24, 2.45) is 0 Å². The second-order valence-corrected chi connectivity index (χ2v) is 3.28. The molecule has 0 saturated heterocycles. The predicted molar refractivity (Wildman–Crippen MR) is 53.6 cm³/mol. The van der Waals surface area contributed by atoms with Crippen LogP contribution in [0.4, 0.5) is 4.39 Å². The van der Waals surface area contributed by atoms with Crippen LogP contribution in [-0.2, 0) is 6.42 Å². The van der Waals surface area contributed by atoms with Gasteiger partial charge in [0.15, 0.2) is 0 Å². The van der Waals surface area contributed by atoms with Crippen molar-refractivity contribution in [1.29, 1.82) is 0 Å². The molecule has 0 fully saturated rings. The summed E-state index contributed by atoms with van der Waals surface area (Å²) < 4.78 is 13.5. The minimum Gasteiger partial charge on any atom is -0.206 e. The van der Waals surface area contributed by atoms with E-state index in [4.69, 9.17) is 0 Å². The van der Waals surface area contributed by atoms with E-state index in [0.29, 0.717) is 4.47 Å². The molecule has 2 heteroatoms. The summed E-state index contributed by atoms with van der Waals surface area (Å²) in [5.41, 5.74) is 1.97. The summed E-state index contributed by atoms with van der Waals surface area (Å²) in [6.45, 7) is 5.68. The van der Waals surface area contributed by atoms with Crippen LogP contribution in [0.25, 0.3) is 6.08 Å². The van der Waals surface area contributed by atoms with Gasteiger partial charge in [0.05, 0.1) is 4.47 Å². The van der Waals surface area contributed by atoms with Gasteiger partial charge in [-0.15, -0.1) is 0 Å². The van der Waals surface area contributed by atoms with Crippen molar-refractivity contribution >= 4 is 22.0 Å². The van der Waals surface area contributed by atoms with Gasteiger partial charge in [0.1, 0.15) is 5.82 Å². The lowest BCUT2D eigenvalue weighted by Gasteiger charge is -2.05. The molecule has 0 bridgehead atoms. The summed E-state index contributed by atoms with van der Waals surface area (Å²) in [6.07, 6.45) is 2.56. The van der Waals surface area contributed by atoms with Gasteiger partial charge in [-0.3, -0.25) is 0 Å². The minimum atomic E-state index is -0.234. The van der Waals surface area contributed by atoms with E-state index in [-0.39, 0.29) is 5.82 Å². The van der Waals surface area contributed by atoms with Crippen LogP contribution >= 0.6 is 15.9 Å². The van der Waals surface area contributed by atoms with Crippen molar-refractivity contribution in [2.45, 2.75) is 13.3 Å². The fourth-order valence-electron chi connectivity index (χ4n) is 1.14. The molecule has 0 heterocycles. The van der Waals surface area contributed by atoms with Crippen molar-refractivity contribution in [1.82, 2.24) is 0 Å². The van der Waals surface area contributed by atoms with Gasteiger partial charge in [-0.25, -0.2) is 4.39 Å². The standard InChI is InChI=1S/C10H10BrF/c1-3-7-5-6-9(12)10(11)8(7)4-2/h4-6H,2-3H2,1H3. The zero-order valence-electron chi connectivity index (χ0n) is 6.90. The van der Waals surface area contributed by atoms with Crippen LogP contribution in [0.3, 0.4) is 0 Å². The Labute approximate surface area is 80.2 Å².